The summed E-state index contributed by atoms with van der Waals surface area (Å²) in [7, 11) is -0.411. The van der Waals surface area contributed by atoms with Gasteiger partial charge in [0.05, 0.1) is 10.9 Å². The maximum atomic E-state index is 12.4. The number of rotatable bonds is 7. The SMILES string of the molecule is CC(NC(=O)CC(C)C1CCNCC1)c1ccc(S(=O)(=O)N(C)C)cc1.Cl. The molecule has 0 spiro atoms. The van der Waals surface area contributed by atoms with Crippen LogP contribution in [0.25, 0.3) is 0 Å². The van der Waals surface area contributed by atoms with Crippen molar-refractivity contribution in [3.63, 3.8) is 0 Å². The molecule has 1 aliphatic rings. The van der Waals surface area contributed by atoms with Gasteiger partial charge in [-0.25, -0.2) is 12.7 Å². The van der Waals surface area contributed by atoms with Gasteiger partial charge in [0, 0.05) is 20.5 Å². The van der Waals surface area contributed by atoms with Crippen molar-refractivity contribution in [1.82, 2.24) is 14.9 Å². The summed E-state index contributed by atoms with van der Waals surface area (Å²) in [4.78, 5) is 12.6. The van der Waals surface area contributed by atoms with Crippen molar-refractivity contribution >= 4 is 28.3 Å². The fourth-order valence-electron chi connectivity index (χ4n) is 3.40. The summed E-state index contributed by atoms with van der Waals surface area (Å²) >= 11 is 0. The summed E-state index contributed by atoms with van der Waals surface area (Å²) in [5.74, 6) is 1.03. The lowest BCUT2D eigenvalue weighted by Crippen LogP contribution is -2.34. The topological polar surface area (TPSA) is 78.5 Å². The van der Waals surface area contributed by atoms with Crippen LogP contribution in [0.5, 0.6) is 0 Å². The number of halogens is 1. The Morgan fingerprint density at radius 1 is 1.19 bits per heavy atom. The molecule has 2 atom stereocenters. The van der Waals surface area contributed by atoms with Crippen LogP contribution in [0.15, 0.2) is 29.2 Å². The van der Waals surface area contributed by atoms with Crippen LogP contribution in [0, 0.1) is 11.8 Å². The van der Waals surface area contributed by atoms with E-state index in [1.807, 2.05) is 6.92 Å². The molecule has 0 saturated carbocycles. The lowest BCUT2D eigenvalue weighted by molar-refractivity contribution is -0.123. The lowest BCUT2D eigenvalue weighted by Gasteiger charge is -2.28. The molecule has 1 saturated heterocycles. The van der Waals surface area contributed by atoms with E-state index in [-0.39, 0.29) is 29.3 Å². The number of carbonyl (C=O) groups excluding carboxylic acids is 1. The molecule has 1 heterocycles. The molecule has 1 fully saturated rings. The second-order valence-electron chi connectivity index (χ2n) is 7.41. The second-order valence-corrected chi connectivity index (χ2v) is 9.57. The van der Waals surface area contributed by atoms with Crippen molar-refractivity contribution in [2.45, 2.75) is 44.0 Å². The predicted molar refractivity (Wildman–Crippen MR) is 110 cm³/mol. The number of nitrogens with one attached hydrogen (secondary N) is 2. The lowest BCUT2D eigenvalue weighted by atomic mass is 9.84. The van der Waals surface area contributed by atoms with Gasteiger partial charge < -0.3 is 10.6 Å². The molecule has 1 aromatic carbocycles. The third-order valence-electron chi connectivity index (χ3n) is 5.23. The minimum absolute atomic E-state index is 0. The van der Waals surface area contributed by atoms with Crippen LogP contribution < -0.4 is 10.6 Å². The monoisotopic (exact) mass is 417 g/mol. The zero-order chi connectivity index (χ0) is 19.3. The summed E-state index contributed by atoms with van der Waals surface area (Å²) < 4.78 is 25.4. The molecule has 154 valence electrons. The highest BCUT2D eigenvalue weighted by Crippen LogP contribution is 2.25. The Balaban J connectivity index is 0.00000364. The first-order valence-electron chi connectivity index (χ1n) is 9.24. The standard InChI is InChI=1S/C19H31N3O3S.ClH/c1-14(16-9-11-20-12-10-16)13-19(23)21-15(2)17-5-7-18(8-6-17)26(24,25)22(3)4;/h5-8,14-16,20H,9-13H2,1-4H3,(H,21,23);1H. The number of amides is 1. The summed E-state index contributed by atoms with van der Waals surface area (Å²) in [6.07, 6.45) is 2.79. The van der Waals surface area contributed by atoms with Gasteiger partial charge in [0.15, 0.2) is 0 Å². The summed E-state index contributed by atoms with van der Waals surface area (Å²) in [6.45, 7) is 6.15. The molecule has 27 heavy (non-hydrogen) atoms. The molecule has 0 radical (unpaired) electrons. The molecule has 8 heteroatoms. The molecule has 6 nitrogen and oxygen atoms in total. The molecule has 0 bridgehead atoms. The van der Waals surface area contributed by atoms with Crippen LogP contribution in [-0.4, -0.2) is 45.8 Å². The van der Waals surface area contributed by atoms with E-state index in [0.29, 0.717) is 18.3 Å². The van der Waals surface area contributed by atoms with Crippen molar-refractivity contribution < 1.29 is 13.2 Å². The largest absolute Gasteiger partial charge is 0.350 e. The fraction of sp³-hybridized carbons (Fsp3) is 0.632. The first-order valence-corrected chi connectivity index (χ1v) is 10.7. The molecular formula is C19H32ClN3O3S. The van der Waals surface area contributed by atoms with Crippen molar-refractivity contribution in [1.29, 1.82) is 0 Å². The van der Waals surface area contributed by atoms with Crippen molar-refractivity contribution in [2.75, 3.05) is 27.2 Å². The molecule has 2 unspecified atom stereocenters. The average molecular weight is 418 g/mol. The molecular weight excluding hydrogens is 386 g/mol. The van der Waals surface area contributed by atoms with E-state index in [2.05, 4.69) is 17.6 Å². The number of hydrogen-bond donors (Lipinski definition) is 2. The molecule has 2 N–H and O–H groups in total. The second kappa shape index (κ2) is 10.4. The molecule has 0 aromatic heterocycles. The van der Waals surface area contributed by atoms with Crippen molar-refractivity contribution in [3.05, 3.63) is 29.8 Å². The highest BCUT2D eigenvalue weighted by Gasteiger charge is 2.23. The van der Waals surface area contributed by atoms with E-state index in [1.54, 1.807) is 24.3 Å². The fourth-order valence-corrected chi connectivity index (χ4v) is 4.30. The van der Waals surface area contributed by atoms with Crippen LogP contribution in [0.2, 0.25) is 0 Å². The van der Waals surface area contributed by atoms with Gasteiger partial charge in [-0.05, 0) is 62.4 Å². The minimum Gasteiger partial charge on any atom is -0.350 e. The van der Waals surface area contributed by atoms with E-state index < -0.39 is 10.0 Å². The van der Waals surface area contributed by atoms with Crippen LogP contribution in [0.4, 0.5) is 0 Å². The highest BCUT2D eigenvalue weighted by atomic mass is 35.5. The third-order valence-corrected chi connectivity index (χ3v) is 7.06. The normalized spacial score (nSPS) is 17.8. The Labute approximate surface area is 169 Å². The van der Waals surface area contributed by atoms with Crippen LogP contribution in [-0.2, 0) is 14.8 Å². The molecule has 1 aliphatic heterocycles. The van der Waals surface area contributed by atoms with Crippen molar-refractivity contribution in [2.24, 2.45) is 11.8 Å². The van der Waals surface area contributed by atoms with Gasteiger partial charge in [0.25, 0.3) is 0 Å². The Morgan fingerprint density at radius 2 is 1.74 bits per heavy atom. The average Bonchev–Trinajstić information content (AvgIpc) is 2.62. The van der Waals surface area contributed by atoms with Crippen LogP contribution in [0.3, 0.4) is 0 Å². The number of piperidine rings is 1. The Bertz CT molecular complexity index is 701. The van der Waals surface area contributed by atoms with E-state index in [1.165, 1.54) is 18.4 Å². The maximum Gasteiger partial charge on any atom is 0.242 e. The van der Waals surface area contributed by atoms with Gasteiger partial charge in [-0.1, -0.05) is 19.1 Å². The quantitative estimate of drug-likeness (QED) is 0.714. The Morgan fingerprint density at radius 3 is 2.26 bits per heavy atom. The summed E-state index contributed by atoms with van der Waals surface area (Å²) in [5.41, 5.74) is 0.894. The van der Waals surface area contributed by atoms with E-state index in [4.69, 9.17) is 0 Å². The van der Waals surface area contributed by atoms with Gasteiger partial charge in [-0.3, -0.25) is 4.79 Å². The Kier molecular flexibility index (Phi) is 9.21. The molecule has 0 aliphatic carbocycles. The third kappa shape index (κ3) is 6.45. The smallest absolute Gasteiger partial charge is 0.242 e. The number of nitrogens with zero attached hydrogens (tertiary/aromatic N) is 1. The predicted octanol–water partition coefficient (Wildman–Crippen LogP) is 2.56. The van der Waals surface area contributed by atoms with E-state index in [9.17, 15) is 13.2 Å². The number of sulfonamides is 1. The molecule has 1 aromatic rings. The van der Waals surface area contributed by atoms with Crippen molar-refractivity contribution in [3.8, 4) is 0 Å². The maximum absolute atomic E-state index is 12.4. The number of hydrogen-bond acceptors (Lipinski definition) is 4. The van der Waals surface area contributed by atoms with Gasteiger partial charge in [0.2, 0.25) is 15.9 Å². The zero-order valence-corrected chi connectivity index (χ0v) is 18.2. The molecule has 1 amide bonds. The van der Waals surface area contributed by atoms with Gasteiger partial charge >= 0.3 is 0 Å². The number of carbonyl (C=O) groups is 1. The Hall–Kier alpha value is -1.15. The highest BCUT2D eigenvalue weighted by molar-refractivity contribution is 7.89. The van der Waals surface area contributed by atoms with E-state index in [0.717, 1.165) is 31.5 Å². The first-order chi connectivity index (χ1) is 12.2. The van der Waals surface area contributed by atoms with Crippen LogP contribution in [0.1, 0.15) is 44.7 Å². The first kappa shape index (κ1) is 23.9. The van der Waals surface area contributed by atoms with Gasteiger partial charge in [0.1, 0.15) is 0 Å². The van der Waals surface area contributed by atoms with Gasteiger partial charge in [-0.15, -0.1) is 12.4 Å². The zero-order valence-electron chi connectivity index (χ0n) is 16.6. The summed E-state index contributed by atoms with van der Waals surface area (Å²) in [5, 5.41) is 6.38. The van der Waals surface area contributed by atoms with Crippen LogP contribution >= 0.6 is 12.4 Å². The minimum atomic E-state index is -3.43. The molecule has 2 rings (SSSR count). The summed E-state index contributed by atoms with van der Waals surface area (Å²) in [6, 6.07) is 6.55. The number of benzene rings is 1. The van der Waals surface area contributed by atoms with Gasteiger partial charge in [-0.2, -0.15) is 0 Å². The van der Waals surface area contributed by atoms with E-state index >= 15 is 0 Å².